The van der Waals surface area contributed by atoms with Gasteiger partial charge < -0.3 is 9.47 Å². The van der Waals surface area contributed by atoms with Crippen LogP contribution in [0.1, 0.15) is 24.6 Å². The molecular formula is C18H19N5O3. The standard InChI is InChI=1S/C18H19N5O3/c1-25-18(24)22-9-5-8-14(22)23-12-21-15-16(23)19-11-20-17(15)26-10-13-6-3-2-4-7-13/h2-4,6-7,11-12,14H,5,8-10H2,1H3/t14-/m0/s1. The van der Waals surface area contributed by atoms with Crippen molar-refractivity contribution in [1.29, 1.82) is 0 Å². The molecule has 1 aromatic carbocycles. The Labute approximate surface area is 150 Å². The summed E-state index contributed by atoms with van der Waals surface area (Å²) in [4.78, 5) is 26.7. The lowest BCUT2D eigenvalue weighted by molar-refractivity contribution is 0.105. The molecule has 0 aliphatic carbocycles. The molecule has 1 amide bonds. The van der Waals surface area contributed by atoms with Gasteiger partial charge in [0.05, 0.1) is 13.4 Å². The van der Waals surface area contributed by atoms with Crippen molar-refractivity contribution in [2.24, 2.45) is 0 Å². The summed E-state index contributed by atoms with van der Waals surface area (Å²) < 4.78 is 12.6. The van der Waals surface area contributed by atoms with E-state index in [1.165, 1.54) is 13.4 Å². The largest absolute Gasteiger partial charge is 0.471 e. The van der Waals surface area contributed by atoms with Gasteiger partial charge in [-0.3, -0.25) is 9.47 Å². The maximum atomic E-state index is 12.0. The molecule has 0 N–H and O–H groups in total. The molecule has 1 fully saturated rings. The van der Waals surface area contributed by atoms with E-state index >= 15 is 0 Å². The van der Waals surface area contributed by atoms with E-state index in [4.69, 9.17) is 9.47 Å². The van der Waals surface area contributed by atoms with Crippen LogP contribution in [0.3, 0.4) is 0 Å². The van der Waals surface area contributed by atoms with Crippen LogP contribution in [0.25, 0.3) is 11.2 Å². The summed E-state index contributed by atoms with van der Waals surface area (Å²) in [5.74, 6) is 0.431. The molecule has 1 aliphatic heterocycles. The molecule has 0 unspecified atom stereocenters. The third kappa shape index (κ3) is 2.94. The van der Waals surface area contributed by atoms with E-state index in [1.54, 1.807) is 11.2 Å². The number of carbonyl (C=O) groups excluding carboxylic acids is 1. The summed E-state index contributed by atoms with van der Waals surface area (Å²) >= 11 is 0. The number of fused-ring (bicyclic) bond motifs is 1. The Hall–Kier alpha value is -3.16. The van der Waals surface area contributed by atoms with E-state index in [9.17, 15) is 4.79 Å². The lowest BCUT2D eigenvalue weighted by Gasteiger charge is -2.24. The lowest BCUT2D eigenvalue weighted by Crippen LogP contribution is -2.33. The number of rotatable bonds is 4. The van der Waals surface area contributed by atoms with Crippen molar-refractivity contribution in [3.05, 3.63) is 48.5 Å². The van der Waals surface area contributed by atoms with Crippen molar-refractivity contribution < 1.29 is 14.3 Å². The predicted molar refractivity (Wildman–Crippen MR) is 93.5 cm³/mol. The first-order chi connectivity index (χ1) is 12.8. The van der Waals surface area contributed by atoms with E-state index < -0.39 is 0 Å². The molecule has 1 saturated heterocycles. The number of ether oxygens (including phenoxy) is 2. The molecule has 1 aliphatic rings. The van der Waals surface area contributed by atoms with Crippen LogP contribution in [-0.4, -0.2) is 44.2 Å². The summed E-state index contributed by atoms with van der Waals surface area (Å²) in [6.07, 6.45) is 4.36. The number of carbonyl (C=O) groups is 1. The first-order valence-corrected chi connectivity index (χ1v) is 8.47. The Kier molecular flexibility index (Phi) is 4.39. The van der Waals surface area contributed by atoms with E-state index in [0.29, 0.717) is 30.2 Å². The number of aromatic nitrogens is 4. The number of imidazole rings is 1. The molecule has 0 saturated carbocycles. The van der Waals surface area contributed by atoms with Crippen molar-refractivity contribution in [3.63, 3.8) is 0 Å². The number of hydrogen-bond donors (Lipinski definition) is 0. The summed E-state index contributed by atoms with van der Waals surface area (Å²) in [6.45, 7) is 1.05. The Bertz CT molecular complexity index is 912. The minimum Gasteiger partial charge on any atom is -0.471 e. The van der Waals surface area contributed by atoms with Gasteiger partial charge in [-0.2, -0.15) is 4.98 Å². The number of methoxy groups -OCH3 is 1. The summed E-state index contributed by atoms with van der Waals surface area (Å²) in [5.41, 5.74) is 2.27. The van der Waals surface area contributed by atoms with E-state index in [-0.39, 0.29) is 12.3 Å². The Morgan fingerprint density at radius 3 is 2.88 bits per heavy atom. The van der Waals surface area contributed by atoms with Crippen molar-refractivity contribution in [2.75, 3.05) is 13.7 Å². The molecule has 134 valence electrons. The van der Waals surface area contributed by atoms with Crippen molar-refractivity contribution >= 4 is 17.3 Å². The number of likely N-dealkylation sites (tertiary alicyclic amines) is 1. The predicted octanol–water partition coefficient (Wildman–Crippen LogP) is 2.77. The zero-order chi connectivity index (χ0) is 17.9. The van der Waals surface area contributed by atoms with Crippen LogP contribution < -0.4 is 4.74 Å². The summed E-state index contributed by atoms with van der Waals surface area (Å²) in [5, 5.41) is 0. The van der Waals surface area contributed by atoms with Crippen LogP contribution in [-0.2, 0) is 11.3 Å². The number of benzene rings is 1. The quantitative estimate of drug-likeness (QED) is 0.717. The molecule has 2 aromatic heterocycles. The number of amides is 1. The molecule has 26 heavy (non-hydrogen) atoms. The van der Waals surface area contributed by atoms with Gasteiger partial charge in [-0.05, 0) is 18.4 Å². The second kappa shape index (κ2) is 6.99. The molecule has 0 radical (unpaired) electrons. The van der Waals surface area contributed by atoms with Crippen LogP contribution >= 0.6 is 0 Å². The molecule has 1 atom stereocenters. The second-order valence-electron chi connectivity index (χ2n) is 6.06. The Morgan fingerprint density at radius 2 is 2.08 bits per heavy atom. The van der Waals surface area contributed by atoms with Gasteiger partial charge in [-0.25, -0.2) is 14.8 Å². The average molecular weight is 353 g/mol. The minimum atomic E-state index is -0.344. The maximum absolute atomic E-state index is 12.0. The molecule has 3 heterocycles. The van der Waals surface area contributed by atoms with Gasteiger partial charge >= 0.3 is 6.09 Å². The van der Waals surface area contributed by atoms with Gasteiger partial charge in [-0.1, -0.05) is 30.3 Å². The summed E-state index contributed by atoms with van der Waals surface area (Å²) in [7, 11) is 1.39. The fourth-order valence-corrected chi connectivity index (χ4v) is 3.25. The fraction of sp³-hybridized carbons (Fsp3) is 0.333. The van der Waals surface area contributed by atoms with Crippen molar-refractivity contribution in [2.45, 2.75) is 25.6 Å². The highest BCUT2D eigenvalue weighted by Crippen LogP contribution is 2.31. The van der Waals surface area contributed by atoms with E-state index in [0.717, 1.165) is 18.4 Å². The minimum absolute atomic E-state index is 0.163. The van der Waals surface area contributed by atoms with Crippen molar-refractivity contribution in [3.8, 4) is 5.88 Å². The van der Waals surface area contributed by atoms with Crippen molar-refractivity contribution in [1.82, 2.24) is 24.4 Å². The Morgan fingerprint density at radius 1 is 1.23 bits per heavy atom. The normalized spacial score (nSPS) is 16.8. The van der Waals surface area contributed by atoms with Crippen LogP contribution in [0, 0.1) is 0 Å². The molecule has 3 aromatic rings. The molecule has 8 heteroatoms. The maximum Gasteiger partial charge on any atom is 0.411 e. The van der Waals surface area contributed by atoms with Gasteiger partial charge in [0, 0.05) is 6.54 Å². The number of hydrogen-bond acceptors (Lipinski definition) is 6. The first-order valence-electron chi connectivity index (χ1n) is 8.47. The highest BCUT2D eigenvalue weighted by atomic mass is 16.5. The van der Waals surface area contributed by atoms with Gasteiger partial charge in [0.15, 0.2) is 11.2 Å². The highest BCUT2D eigenvalue weighted by Gasteiger charge is 2.32. The zero-order valence-electron chi connectivity index (χ0n) is 14.4. The third-order valence-electron chi connectivity index (χ3n) is 4.49. The smallest absolute Gasteiger partial charge is 0.411 e. The van der Waals surface area contributed by atoms with Gasteiger partial charge in [0.25, 0.3) is 0 Å². The van der Waals surface area contributed by atoms with Crippen LogP contribution in [0.4, 0.5) is 4.79 Å². The van der Waals surface area contributed by atoms with Crippen LogP contribution in [0.15, 0.2) is 43.0 Å². The van der Waals surface area contributed by atoms with Gasteiger partial charge in [0.1, 0.15) is 19.1 Å². The topological polar surface area (TPSA) is 82.4 Å². The second-order valence-corrected chi connectivity index (χ2v) is 6.06. The monoisotopic (exact) mass is 353 g/mol. The SMILES string of the molecule is COC(=O)N1CCC[C@@H]1n1cnc2c(OCc3ccccc3)ncnc21. The molecule has 0 spiro atoms. The number of nitrogens with zero attached hydrogens (tertiary/aromatic N) is 5. The lowest BCUT2D eigenvalue weighted by atomic mass is 10.2. The van der Waals surface area contributed by atoms with E-state index in [2.05, 4.69) is 15.0 Å². The Balaban J connectivity index is 1.62. The average Bonchev–Trinajstić information content (AvgIpc) is 3.33. The fourth-order valence-electron chi connectivity index (χ4n) is 3.25. The first kappa shape index (κ1) is 16.3. The molecule has 4 rings (SSSR count). The molecule has 0 bridgehead atoms. The van der Waals surface area contributed by atoms with E-state index in [1.807, 2.05) is 34.9 Å². The van der Waals surface area contributed by atoms with Crippen LogP contribution in [0.5, 0.6) is 5.88 Å². The van der Waals surface area contributed by atoms with Gasteiger partial charge in [0.2, 0.25) is 5.88 Å². The van der Waals surface area contributed by atoms with Crippen LogP contribution in [0.2, 0.25) is 0 Å². The summed E-state index contributed by atoms with van der Waals surface area (Å²) in [6, 6.07) is 9.87. The zero-order valence-corrected chi connectivity index (χ0v) is 14.4. The highest BCUT2D eigenvalue weighted by molar-refractivity contribution is 5.76. The molecule has 8 nitrogen and oxygen atoms in total. The van der Waals surface area contributed by atoms with Gasteiger partial charge in [-0.15, -0.1) is 0 Å². The molecular weight excluding hydrogens is 334 g/mol. The third-order valence-corrected chi connectivity index (χ3v) is 4.49.